The molecule has 1 aromatic carbocycles. The molecule has 2 aromatic rings. The second-order valence-corrected chi connectivity index (χ2v) is 6.79. The largest absolute Gasteiger partial charge is 0.451 e. The van der Waals surface area contributed by atoms with Crippen LogP contribution in [0.3, 0.4) is 0 Å². The van der Waals surface area contributed by atoms with Gasteiger partial charge in [-0.05, 0) is 44.5 Å². The van der Waals surface area contributed by atoms with Crippen LogP contribution in [0.15, 0.2) is 22.7 Å². The van der Waals surface area contributed by atoms with E-state index in [1.54, 1.807) is 13.0 Å². The van der Waals surface area contributed by atoms with Crippen LogP contribution >= 0.6 is 27.3 Å². The van der Waals surface area contributed by atoms with Crippen LogP contribution in [-0.2, 0) is 9.53 Å². The van der Waals surface area contributed by atoms with Crippen molar-refractivity contribution in [2.75, 3.05) is 11.9 Å². The number of ether oxygens (including phenoxy) is 1. The van der Waals surface area contributed by atoms with Gasteiger partial charge in [0, 0.05) is 10.2 Å². The normalized spacial score (nSPS) is 10.4. The van der Waals surface area contributed by atoms with Gasteiger partial charge < -0.3 is 10.1 Å². The number of halogens is 1. The number of rotatable bonds is 4. The van der Waals surface area contributed by atoms with Crippen molar-refractivity contribution in [1.82, 2.24) is 4.98 Å². The van der Waals surface area contributed by atoms with Crippen LogP contribution in [0.5, 0.6) is 0 Å². The fraction of sp³-hybridized carbons (Fsp3) is 0.267. The second kappa shape index (κ2) is 7.02. The molecule has 0 aliphatic heterocycles. The van der Waals surface area contributed by atoms with E-state index in [2.05, 4.69) is 26.2 Å². The molecular weight excluding hydrogens is 368 g/mol. The molecule has 0 saturated carbocycles. The predicted molar refractivity (Wildman–Crippen MR) is 89.4 cm³/mol. The maximum atomic E-state index is 11.9. The first-order chi connectivity index (χ1) is 10.4. The summed E-state index contributed by atoms with van der Waals surface area (Å²) in [7, 11) is 0. The molecule has 1 amide bonds. The Kier molecular flexibility index (Phi) is 5.31. The fourth-order valence-corrected chi connectivity index (χ4v) is 2.90. The highest BCUT2D eigenvalue weighted by Gasteiger charge is 2.16. The average Bonchev–Trinajstić information content (AvgIpc) is 2.79. The summed E-state index contributed by atoms with van der Waals surface area (Å²) in [6.07, 6.45) is 0. The molecule has 0 atom stereocenters. The molecule has 22 heavy (non-hydrogen) atoms. The Hall–Kier alpha value is -1.73. The van der Waals surface area contributed by atoms with Crippen molar-refractivity contribution in [3.8, 4) is 0 Å². The molecule has 2 rings (SSSR count). The number of carbonyl (C=O) groups excluding carboxylic acids is 2. The minimum Gasteiger partial charge on any atom is -0.451 e. The lowest BCUT2D eigenvalue weighted by atomic mass is 10.2. The first-order valence-corrected chi connectivity index (χ1v) is 8.15. The zero-order valence-electron chi connectivity index (χ0n) is 12.4. The molecule has 5 nitrogen and oxygen atoms in total. The molecular formula is C15H15BrN2O3S. The first kappa shape index (κ1) is 16.6. The van der Waals surface area contributed by atoms with E-state index in [1.807, 2.05) is 26.0 Å². The van der Waals surface area contributed by atoms with Gasteiger partial charge in [0.05, 0.1) is 10.7 Å². The summed E-state index contributed by atoms with van der Waals surface area (Å²) in [6, 6.07) is 5.45. The Balaban J connectivity index is 1.91. The van der Waals surface area contributed by atoms with Crippen molar-refractivity contribution in [1.29, 1.82) is 0 Å². The molecule has 0 unspecified atom stereocenters. The van der Waals surface area contributed by atoms with Crippen molar-refractivity contribution < 1.29 is 14.3 Å². The van der Waals surface area contributed by atoms with Crippen LogP contribution in [0.1, 0.15) is 25.9 Å². The molecule has 0 fully saturated rings. The Morgan fingerprint density at radius 3 is 2.64 bits per heavy atom. The molecule has 1 aromatic heterocycles. The molecule has 0 spiro atoms. The molecule has 0 bridgehead atoms. The van der Waals surface area contributed by atoms with Gasteiger partial charge in [-0.25, -0.2) is 9.78 Å². The number of anilines is 1. The maximum Gasteiger partial charge on any atom is 0.350 e. The number of nitrogens with one attached hydrogen (secondary N) is 1. The lowest BCUT2D eigenvalue weighted by molar-refractivity contribution is -0.119. The van der Waals surface area contributed by atoms with E-state index in [0.29, 0.717) is 16.3 Å². The SMILES string of the molecule is Cc1nc(C)c(C(=O)OCC(=O)Nc2ccc(Br)c(C)c2)s1. The number of hydrogen-bond donors (Lipinski definition) is 1. The van der Waals surface area contributed by atoms with Gasteiger partial charge in [0.15, 0.2) is 6.61 Å². The van der Waals surface area contributed by atoms with Crippen LogP contribution in [0, 0.1) is 20.8 Å². The summed E-state index contributed by atoms with van der Waals surface area (Å²) >= 11 is 4.65. The lowest BCUT2D eigenvalue weighted by Crippen LogP contribution is -2.20. The number of amides is 1. The molecule has 0 radical (unpaired) electrons. The van der Waals surface area contributed by atoms with Gasteiger partial charge >= 0.3 is 5.97 Å². The molecule has 1 N–H and O–H groups in total. The molecule has 0 saturated heterocycles. The first-order valence-electron chi connectivity index (χ1n) is 6.54. The average molecular weight is 383 g/mol. The zero-order valence-corrected chi connectivity index (χ0v) is 14.8. The van der Waals surface area contributed by atoms with Crippen LogP contribution in [-0.4, -0.2) is 23.5 Å². The van der Waals surface area contributed by atoms with E-state index in [1.165, 1.54) is 11.3 Å². The van der Waals surface area contributed by atoms with Crippen LogP contribution in [0.2, 0.25) is 0 Å². The number of aromatic nitrogens is 1. The Morgan fingerprint density at radius 1 is 1.32 bits per heavy atom. The van der Waals surface area contributed by atoms with Gasteiger partial charge in [0.2, 0.25) is 0 Å². The Labute approximate surface area is 140 Å². The summed E-state index contributed by atoms with van der Waals surface area (Å²) in [6.45, 7) is 5.15. The molecule has 116 valence electrons. The number of carbonyl (C=O) groups is 2. The van der Waals surface area contributed by atoms with Crippen LogP contribution in [0.4, 0.5) is 5.69 Å². The third-order valence-electron chi connectivity index (χ3n) is 2.86. The number of nitrogens with zero attached hydrogens (tertiary/aromatic N) is 1. The number of aryl methyl sites for hydroxylation is 3. The van der Waals surface area contributed by atoms with Gasteiger partial charge in [-0.15, -0.1) is 11.3 Å². The standard InChI is InChI=1S/C15H15BrN2O3S/c1-8-6-11(4-5-12(8)16)18-13(19)7-21-15(20)14-9(2)17-10(3)22-14/h4-6H,7H2,1-3H3,(H,18,19). The quantitative estimate of drug-likeness (QED) is 0.819. The van der Waals surface area contributed by atoms with Crippen molar-refractivity contribution in [3.63, 3.8) is 0 Å². The van der Waals surface area contributed by atoms with Gasteiger partial charge in [-0.2, -0.15) is 0 Å². The zero-order chi connectivity index (χ0) is 16.3. The summed E-state index contributed by atoms with van der Waals surface area (Å²) in [5.41, 5.74) is 2.29. The van der Waals surface area contributed by atoms with Crippen molar-refractivity contribution in [3.05, 3.63) is 43.8 Å². The minimum absolute atomic E-state index is 0.329. The van der Waals surface area contributed by atoms with E-state index < -0.39 is 5.97 Å². The Morgan fingerprint density at radius 2 is 2.05 bits per heavy atom. The molecule has 0 aliphatic rings. The maximum absolute atomic E-state index is 11.9. The highest BCUT2D eigenvalue weighted by Crippen LogP contribution is 2.20. The smallest absolute Gasteiger partial charge is 0.350 e. The highest BCUT2D eigenvalue weighted by atomic mass is 79.9. The lowest BCUT2D eigenvalue weighted by Gasteiger charge is -2.07. The summed E-state index contributed by atoms with van der Waals surface area (Å²) in [5, 5.41) is 3.48. The predicted octanol–water partition coefficient (Wildman–Crippen LogP) is 3.63. The third kappa shape index (κ3) is 4.14. The topological polar surface area (TPSA) is 68.3 Å². The van der Waals surface area contributed by atoms with E-state index >= 15 is 0 Å². The van der Waals surface area contributed by atoms with E-state index in [-0.39, 0.29) is 12.5 Å². The second-order valence-electron chi connectivity index (χ2n) is 4.74. The summed E-state index contributed by atoms with van der Waals surface area (Å²) < 4.78 is 5.99. The summed E-state index contributed by atoms with van der Waals surface area (Å²) in [4.78, 5) is 28.3. The van der Waals surface area contributed by atoms with E-state index in [0.717, 1.165) is 15.0 Å². The minimum atomic E-state index is -0.523. The number of thiazole rings is 1. The van der Waals surface area contributed by atoms with Gasteiger partial charge in [-0.1, -0.05) is 15.9 Å². The van der Waals surface area contributed by atoms with Gasteiger partial charge in [0.1, 0.15) is 4.88 Å². The number of esters is 1. The number of benzene rings is 1. The van der Waals surface area contributed by atoms with E-state index in [4.69, 9.17) is 4.74 Å². The molecule has 0 aliphatic carbocycles. The third-order valence-corrected chi connectivity index (χ3v) is 4.81. The Bertz CT molecular complexity index is 728. The van der Waals surface area contributed by atoms with Crippen LogP contribution < -0.4 is 5.32 Å². The molecule has 7 heteroatoms. The van der Waals surface area contributed by atoms with E-state index in [9.17, 15) is 9.59 Å². The van der Waals surface area contributed by atoms with Gasteiger partial charge in [-0.3, -0.25) is 4.79 Å². The highest BCUT2D eigenvalue weighted by molar-refractivity contribution is 9.10. The number of hydrogen-bond acceptors (Lipinski definition) is 5. The van der Waals surface area contributed by atoms with Crippen molar-refractivity contribution in [2.24, 2.45) is 0 Å². The van der Waals surface area contributed by atoms with Gasteiger partial charge in [0.25, 0.3) is 5.91 Å². The van der Waals surface area contributed by atoms with Crippen molar-refractivity contribution >= 4 is 44.8 Å². The van der Waals surface area contributed by atoms with Crippen LogP contribution in [0.25, 0.3) is 0 Å². The fourth-order valence-electron chi connectivity index (χ4n) is 1.84. The monoisotopic (exact) mass is 382 g/mol. The summed E-state index contributed by atoms with van der Waals surface area (Å²) in [5.74, 6) is -0.904. The van der Waals surface area contributed by atoms with Crippen molar-refractivity contribution in [2.45, 2.75) is 20.8 Å². The molecule has 1 heterocycles.